The molecule has 9 heteroatoms. The number of benzene rings is 2. The molecule has 0 radical (unpaired) electrons. The van der Waals surface area contributed by atoms with E-state index >= 15 is 0 Å². The molecule has 2 fully saturated rings. The zero-order valence-electron chi connectivity index (χ0n) is 21.7. The molecule has 0 bridgehead atoms. The number of likely N-dealkylation sites (N-methyl/N-ethyl adjacent to an activating group) is 1. The van der Waals surface area contributed by atoms with Gasteiger partial charge in [0.1, 0.15) is 11.5 Å². The molecule has 8 nitrogen and oxygen atoms in total. The van der Waals surface area contributed by atoms with E-state index < -0.39 is 5.91 Å². The van der Waals surface area contributed by atoms with Gasteiger partial charge in [0.25, 0.3) is 5.91 Å². The summed E-state index contributed by atoms with van der Waals surface area (Å²) in [4.78, 5) is 41.3. The van der Waals surface area contributed by atoms with Gasteiger partial charge in [0, 0.05) is 70.8 Å². The van der Waals surface area contributed by atoms with Gasteiger partial charge >= 0.3 is 6.03 Å². The molecule has 0 atom stereocenters. The van der Waals surface area contributed by atoms with Crippen LogP contribution in [0.4, 0.5) is 20.6 Å². The number of anilines is 2. The molecule has 1 aromatic heterocycles. The Balaban J connectivity index is 1.31. The molecule has 3 aromatic rings. The van der Waals surface area contributed by atoms with Gasteiger partial charge in [-0.15, -0.1) is 0 Å². The molecule has 5 rings (SSSR count). The number of imide groups is 1. The Morgan fingerprint density at radius 3 is 2.16 bits per heavy atom. The van der Waals surface area contributed by atoms with Crippen molar-refractivity contribution in [1.82, 2.24) is 19.7 Å². The van der Waals surface area contributed by atoms with Crippen LogP contribution in [0, 0.1) is 5.82 Å². The molecule has 2 aliphatic heterocycles. The molecule has 38 heavy (non-hydrogen) atoms. The second kappa shape index (κ2) is 11.7. The standard InChI is InChI=1S/C29H33FN6O2/c1-32-14-18-34(19-15-32)25-9-11-26(12-10-25)36(28(37)27-4-2-3-13-31-27)29(38)35-20-16-33(17-21-35)22-23-5-7-24(30)8-6-23/h2-13H,14-22H2,1H3. The predicted molar refractivity (Wildman–Crippen MR) is 146 cm³/mol. The highest BCUT2D eigenvalue weighted by atomic mass is 19.1. The highest BCUT2D eigenvalue weighted by Crippen LogP contribution is 2.25. The lowest BCUT2D eigenvalue weighted by Gasteiger charge is -2.37. The topological polar surface area (TPSA) is 63.2 Å². The number of amides is 3. The number of hydrogen-bond acceptors (Lipinski definition) is 6. The van der Waals surface area contributed by atoms with E-state index in [1.807, 2.05) is 24.3 Å². The van der Waals surface area contributed by atoms with Crippen LogP contribution in [0.5, 0.6) is 0 Å². The Bertz CT molecular complexity index is 1220. The van der Waals surface area contributed by atoms with Gasteiger partial charge in [-0.05, 0) is 61.1 Å². The fourth-order valence-electron chi connectivity index (χ4n) is 4.88. The van der Waals surface area contributed by atoms with E-state index in [0.717, 1.165) is 37.4 Å². The molecule has 0 aliphatic carbocycles. The smallest absolute Gasteiger partial charge is 0.331 e. The van der Waals surface area contributed by atoms with Crippen molar-refractivity contribution in [2.45, 2.75) is 6.54 Å². The lowest BCUT2D eigenvalue weighted by atomic mass is 10.2. The summed E-state index contributed by atoms with van der Waals surface area (Å²) < 4.78 is 13.2. The summed E-state index contributed by atoms with van der Waals surface area (Å²) >= 11 is 0. The van der Waals surface area contributed by atoms with Crippen LogP contribution in [0.25, 0.3) is 0 Å². The maximum atomic E-state index is 13.8. The van der Waals surface area contributed by atoms with Crippen LogP contribution in [0.3, 0.4) is 0 Å². The fourth-order valence-corrected chi connectivity index (χ4v) is 4.88. The van der Waals surface area contributed by atoms with Gasteiger partial charge in [-0.2, -0.15) is 0 Å². The normalized spacial score (nSPS) is 16.9. The van der Waals surface area contributed by atoms with Gasteiger partial charge in [0.2, 0.25) is 0 Å². The minimum Gasteiger partial charge on any atom is -0.369 e. The molecule has 0 spiro atoms. The number of carbonyl (C=O) groups excluding carboxylic acids is 2. The number of pyridine rings is 1. The number of piperazine rings is 2. The lowest BCUT2D eigenvalue weighted by Crippen LogP contribution is -2.54. The Labute approximate surface area is 222 Å². The summed E-state index contributed by atoms with van der Waals surface area (Å²) in [7, 11) is 2.12. The second-order valence-corrected chi connectivity index (χ2v) is 9.83. The van der Waals surface area contributed by atoms with E-state index in [4.69, 9.17) is 0 Å². The van der Waals surface area contributed by atoms with Crippen molar-refractivity contribution in [3.8, 4) is 0 Å². The summed E-state index contributed by atoms with van der Waals surface area (Å²) in [5.41, 5.74) is 2.85. The van der Waals surface area contributed by atoms with Crippen LogP contribution in [0.1, 0.15) is 16.1 Å². The third-order valence-corrected chi connectivity index (χ3v) is 7.22. The molecule has 0 N–H and O–H groups in total. The molecule has 198 valence electrons. The van der Waals surface area contributed by atoms with Crippen molar-refractivity contribution >= 4 is 23.3 Å². The van der Waals surface area contributed by atoms with Gasteiger partial charge in [-0.1, -0.05) is 18.2 Å². The molecule has 2 aliphatic rings. The molecule has 0 saturated carbocycles. The summed E-state index contributed by atoms with van der Waals surface area (Å²) in [6.07, 6.45) is 1.56. The number of hydrogen-bond donors (Lipinski definition) is 0. The fraction of sp³-hybridized carbons (Fsp3) is 0.345. The molecule has 3 heterocycles. The van der Waals surface area contributed by atoms with Crippen LogP contribution in [0.2, 0.25) is 0 Å². The molecule has 3 amide bonds. The Kier molecular flexibility index (Phi) is 7.95. The largest absolute Gasteiger partial charge is 0.369 e. The number of rotatable bonds is 5. The minimum atomic E-state index is -0.448. The molecule has 2 aromatic carbocycles. The van der Waals surface area contributed by atoms with Crippen LogP contribution in [-0.4, -0.2) is 91.0 Å². The van der Waals surface area contributed by atoms with E-state index in [0.29, 0.717) is 38.4 Å². The van der Waals surface area contributed by atoms with E-state index in [-0.39, 0.29) is 17.5 Å². The first kappa shape index (κ1) is 25.8. The Morgan fingerprint density at radius 2 is 1.53 bits per heavy atom. The maximum absolute atomic E-state index is 13.8. The number of urea groups is 1. The van der Waals surface area contributed by atoms with E-state index in [2.05, 4.69) is 26.7 Å². The van der Waals surface area contributed by atoms with Crippen molar-refractivity contribution < 1.29 is 14.0 Å². The Hall–Kier alpha value is -3.82. The monoisotopic (exact) mass is 516 g/mol. The average molecular weight is 517 g/mol. The van der Waals surface area contributed by atoms with Crippen LogP contribution >= 0.6 is 0 Å². The zero-order valence-corrected chi connectivity index (χ0v) is 21.7. The first-order valence-corrected chi connectivity index (χ1v) is 13.0. The van der Waals surface area contributed by atoms with E-state index in [1.165, 1.54) is 17.0 Å². The summed E-state index contributed by atoms with van der Waals surface area (Å²) in [5, 5.41) is 0. The number of halogens is 1. The first-order chi connectivity index (χ1) is 18.5. The van der Waals surface area contributed by atoms with Crippen molar-refractivity contribution in [1.29, 1.82) is 0 Å². The van der Waals surface area contributed by atoms with E-state index in [1.54, 1.807) is 41.4 Å². The molecular weight excluding hydrogens is 483 g/mol. The quantitative estimate of drug-likeness (QED) is 0.517. The number of nitrogens with zero attached hydrogens (tertiary/aromatic N) is 6. The van der Waals surface area contributed by atoms with Gasteiger partial charge in [-0.25, -0.2) is 14.1 Å². The summed E-state index contributed by atoms with van der Waals surface area (Å²) in [6, 6.07) is 18.9. The van der Waals surface area contributed by atoms with Crippen LogP contribution < -0.4 is 9.80 Å². The second-order valence-electron chi connectivity index (χ2n) is 9.83. The van der Waals surface area contributed by atoms with Crippen molar-refractivity contribution in [2.24, 2.45) is 0 Å². The predicted octanol–water partition coefficient (Wildman–Crippen LogP) is 3.56. The van der Waals surface area contributed by atoms with E-state index in [9.17, 15) is 14.0 Å². The lowest BCUT2D eigenvalue weighted by molar-refractivity contribution is 0.0967. The molecule has 2 saturated heterocycles. The SMILES string of the molecule is CN1CCN(c2ccc(N(C(=O)c3ccccn3)C(=O)N3CCN(Cc4ccc(F)cc4)CC3)cc2)CC1. The zero-order chi connectivity index (χ0) is 26.5. The number of carbonyl (C=O) groups is 2. The maximum Gasteiger partial charge on any atom is 0.331 e. The van der Waals surface area contributed by atoms with Gasteiger partial charge in [0.05, 0.1) is 5.69 Å². The van der Waals surface area contributed by atoms with Crippen molar-refractivity contribution in [3.05, 3.63) is 90.0 Å². The first-order valence-electron chi connectivity index (χ1n) is 13.0. The van der Waals surface area contributed by atoms with Crippen LogP contribution in [-0.2, 0) is 6.54 Å². The Morgan fingerprint density at radius 1 is 0.842 bits per heavy atom. The average Bonchev–Trinajstić information content (AvgIpc) is 2.96. The number of aromatic nitrogens is 1. The van der Waals surface area contributed by atoms with Crippen molar-refractivity contribution in [3.63, 3.8) is 0 Å². The summed E-state index contributed by atoms with van der Waals surface area (Å²) in [6.45, 7) is 6.87. The van der Waals surface area contributed by atoms with Gasteiger partial charge < -0.3 is 14.7 Å². The highest BCUT2D eigenvalue weighted by molar-refractivity contribution is 6.20. The third kappa shape index (κ3) is 6.00. The molecule has 0 unspecified atom stereocenters. The highest BCUT2D eigenvalue weighted by Gasteiger charge is 2.32. The summed E-state index contributed by atoms with van der Waals surface area (Å²) in [5.74, 6) is -0.699. The molecular formula is C29H33FN6O2. The third-order valence-electron chi connectivity index (χ3n) is 7.22. The van der Waals surface area contributed by atoms with Crippen LogP contribution in [0.15, 0.2) is 72.9 Å². The van der Waals surface area contributed by atoms with Gasteiger partial charge in [-0.3, -0.25) is 14.7 Å². The van der Waals surface area contributed by atoms with Gasteiger partial charge in [0.15, 0.2) is 0 Å². The minimum absolute atomic E-state index is 0.221. The van der Waals surface area contributed by atoms with Crippen molar-refractivity contribution in [2.75, 3.05) is 69.2 Å².